The summed E-state index contributed by atoms with van der Waals surface area (Å²) < 4.78 is 20.4. The van der Waals surface area contributed by atoms with Crippen molar-refractivity contribution in [1.29, 1.82) is 0 Å². The van der Waals surface area contributed by atoms with E-state index in [-0.39, 0.29) is 36.0 Å². The van der Waals surface area contributed by atoms with Crippen LogP contribution in [0.25, 0.3) is 0 Å². The highest BCUT2D eigenvalue weighted by Crippen LogP contribution is 2.28. The highest BCUT2D eigenvalue weighted by atomic mass is 35.5. The van der Waals surface area contributed by atoms with Crippen LogP contribution in [0.1, 0.15) is 63.0 Å². The van der Waals surface area contributed by atoms with Crippen LogP contribution in [0.15, 0.2) is 24.3 Å². The molecule has 3 rings (SSSR count). The van der Waals surface area contributed by atoms with E-state index in [1.54, 1.807) is 18.2 Å². The molecule has 2 atom stereocenters. The Kier molecular flexibility index (Phi) is 8.30. The number of nitrogens with zero attached hydrogens (tertiary/aromatic N) is 1. The van der Waals surface area contributed by atoms with Gasteiger partial charge in [0.25, 0.3) is 0 Å². The number of ether oxygens (including phenoxy) is 1. The fraction of sp³-hybridized carbons (Fsp3) is 0.636. The molecule has 2 amide bonds. The largest absolute Gasteiger partial charge is 0.376 e. The molecule has 2 aliphatic rings. The molecule has 0 unspecified atom stereocenters. The Bertz CT molecular complexity index is 688. The predicted octanol–water partition coefficient (Wildman–Crippen LogP) is 3.95. The summed E-state index contributed by atoms with van der Waals surface area (Å²) >= 11 is 5.86. The van der Waals surface area contributed by atoms with Crippen LogP contribution in [0.5, 0.6) is 0 Å². The predicted molar refractivity (Wildman–Crippen MR) is 110 cm³/mol. The first-order chi connectivity index (χ1) is 14.1. The first-order valence-electron chi connectivity index (χ1n) is 10.6. The molecule has 29 heavy (non-hydrogen) atoms. The number of hydrogen-bond acceptors (Lipinski definition) is 3. The normalized spacial score (nSPS) is 21.4. The smallest absolute Gasteiger partial charge is 0.247 e. The molecule has 1 aliphatic heterocycles. The van der Waals surface area contributed by atoms with Crippen LogP contribution in [0.3, 0.4) is 0 Å². The zero-order valence-corrected chi connectivity index (χ0v) is 17.5. The molecule has 0 radical (unpaired) electrons. The Labute approximate surface area is 176 Å². The molecule has 7 heteroatoms. The van der Waals surface area contributed by atoms with E-state index in [1.165, 1.54) is 23.8 Å². The van der Waals surface area contributed by atoms with Crippen molar-refractivity contribution in [1.82, 2.24) is 10.2 Å². The standard InChI is InChI=1S/C22H30ClFN2O3/c23-14-20(27)26(15-17-10-7-13-29-17)21(18-11-5-6-12-19(18)24)22(28)25-16-8-3-1-2-4-9-16/h5-6,11-12,16-17,21H,1-4,7-10,13-15H2,(H,25,28)/t17-,21-/m1/s1. The molecule has 1 saturated carbocycles. The van der Waals surface area contributed by atoms with E-state index in [4.69, 9.17) is 16.3 Å². The maximum atomic E-state index is 14.7. The van der Waals surface area contributed by atoms with Crippen molar-refractivity contribution in [2.24, 2.45) is 0 Å². The summed E-state index contributed by atoms with van der Waals surface area (Å²) in [6.07, 6.45) is 7.83. The van der Waals surface area contributed by atoms with Crippen molar-refractivity contribution in [3.8, 4) is 0 Å². The second-order valence-electron chi connectivity index (χ2n) is 7.94. The van der Waals surface area contributed by atoms with Gasteiger partial charge >= 0.3 is 0 Å². The van der Waals surface area contributed by atoms with Gasteiger partial charge in [-0.1, -0.05) is 43.9 Å². The molecule has 5 nitrogen and oxygen atoms in total. The van der Waals surface area contributed by atoms with Crippen LogP contribution >= 0.6 is 11.6 Å². The number of amides is 2. The minimum atomic E-state index is -1.06. The van der Waals surface area contributed by atoms with Crippen LogP contribution in [0, 0.1) is 5.82 Å². The van der Waals surface area contributed by atoms with Gasteiger partial charge in [0.05, 0.1) is 6.10 Å². The number of carbonyl (C=O) groups is 2. The fourth-order valence-electron chi connectivity index (χ4n) is 4.29. The lowest BCUT2D eigenvalue weighted by atomic mass is 10.0. The number of rotatable bonds is 7. The van der Waals surface area contributed by atoms with Gasteiger partial charge in [0.1, 0.15) is 17.7 Å². The Hall–Kier alpha value is -1.66. The Morgan fingerprint density at radius 3 is 2.48 bits per heavy atom. The summed E-state index contributed by atoms with van der Waals surface area (Å²) in [4.78, 5) is 27.5. The van der Waals surface area contributed by atoms with Gasteiger partial charge in [-0.25, -0.2) is 4.39 Å². The summed E-state index contributed by atoms with van der Waals surface area (Å²) in [7, 11) is 0. The molecule has 1 aromatic rings. The maximum absolute atomic E-state index is 14.7. The summed E-state index contributed by atoms with van der Waals surface area (Å²) in [5, 5.41) is 3.09. The molecule has 0 spiro atoms. The monoisotopic (exact) mass is 424 g/mol. The van der Waals surface area contributed by atoms with E-state index in [0.29, 0.717) is 6.61 Å². The van der Waals surface area contributed by atoms with Crippen LogP contribution in [-0.4, -0.2) is 47.9 Å². The van der Waals surface area contributed by atoms with E-state index in [2.05, 4.69) is 5.32 Å². The summed E-state index contributed by atoms with van der Waals surface area (Å²) in [5.74, 6) is -1.52. The average Bonchev–Trinajstić information content (AvgIpc) is 3.11. The maximum Gasteiger partial charge on any atom is 0.247 e. The molecule has 1 aliphatic carbocycles. The number of carbonyl (C=O) groups excluding carboxylic acids is 2. The van der Waals surface area contributed by atoms with Gasteiger partial charge in [0, 0.05) is 24.8 Å². The molecule has 1 N–H and O–H groups in total. The van der Waals surface area contributed by atoms with Crippen LogP contribution in [0.4, 0.5) is 4.39 Å². The second-order valence-corrected chi connectivity index (χ2v) is 8.20. The average molecular weight is 425 g/mol. The van der Waals surface area contributed by atoms with E-state index in [1.807, 2.05) is 0 Å². The van der Waals surface area contributed by atoms with E-state index < -0.39 is 17.8 Å². The van der Waals surface area contributed by atoms with E-state index in [9.17, 15) is 14.0 Å². The van der Waals surface area contributed by atoms with E-state index in [0.717, 1.165) is 38.5 Å². The van der Waals surface area contributed by atoms with Gasteiger partial charge in [0.2, 0.25) is 11.8 Å². The lowest BCUT2D eigenvalue weighted by Gasteiger charge is -2.33. The third kappa shape index (κ3) is 5.92. The van der Waals surface area contributed by atoms with Gasteiger partial charge in [-0.05, 0) is 31.7 Å². The summed E-state index contributed by atoms with van der Waals surface area (Å²) in [6.45, 7) is 0.856. The zero-order chi connectivity index (χ0) is 20.6. The number of halogens is 2. The molecule has 0 aromatic heterocycles. The van der Waals surface area contributed by atoms with Gasteiger partial charge < -0.3 is 15.0 Å². The molecule has 160 valence electrons. The zero-order valence-electron chi connectivity index (χ0n) is 16.7. The van der Waals surface area contributed by atoms with Gasteiger partial charge in [-0.15, -0.1) is 11.6 Å². The number of benzene rings is 1. The lowest BCUT2D eigenvalue weighted by Crippen LogP contribution is -2.49. The van der Waals surface area contributed by atoms with Crippen molar-refractivity contribution in [3.63, 3.8) is 0 Å². The highest BCUT2D eigenvalue weighted by molar-refractivity contribution is 6.27. The van der Waals surface area contributed by atoms with Crippen molar-refractivity contribution in [2.75, 3.05) is 19.0 Å². The van der Waals surface area contributed by atoms with Crippen LogP contribution in [0.2, 0.25) is 0 Å². The molecular weight excluding hydrogens is 395 g/mol. The number of nitrogens with one attached hydrogen (secondary N) is 1. The number of alkyl halides is 1. The quantitative estimate of drug-likeness (QED) is 0.532. The molecule has 1 heterocycles. The third-order valence-electron chi connectivity index (χ3n) is 5.82. The molecule has 2 fully saturated rings. The van der Waals surface area contributed by atoms with Crippen LogP contribution in [-0.2, 0) is 14.3 Å². The second kappa shape index (κ2) is 10.9. The molecule has 1 saturated heterocycles. The Morgan fingerprint density at radius 2 is 1.86 bits per heavy atom. The van der Waals surface area contributed by atoms with Gasteiger partial charge in [-0.3, -0.25) is 9.59 Å². The van der Waals surface area contributed by atoms with Gasteiger partial charge in [0.15, 0.2) is 0 Å². The highest BCUT2D eigenvalue weighted by Gasteiger charge is 2.36. The van der Waals surface area contributed by atoms with Crippen molar-refractivity contribution < 1.29 is 18.7 Å². The molecule has 1 aromatic carbocycles. The van der Waals surface area contributed by atoms with E-state index >= 15 is 0 Å². The Morgan fingerprint density at radius 1 is 1.14 bits per heavy atom. The van der Waals surface area contributed by atoms with Crippen molar-refractivity contribution in [2.45, 2.75) is 69.6 Å². The first kappa shape index (κ1) is 22.0. The molecule has 0 bridgehead atoms. The molecular formula is C22H30ClFN2O3. The van der Waals surface area contributed by atoms with Crippen LogP contribution < -0.4 is 5.32 Å². The van der Waals surface area contributed by atoms with Crippen molar-refractivity contribution in [3.05, 3.63) is 35.6 Å². The topological polar surface area (TPSA) is 58.6 Å². The first-order valence-corrected chi connectivity index (χ1v) is 11.2. The SMILES string of the molecule is O=C(NC1CCCCCC1)[C@@H](c1ccccc1F)N(C[C@H]1CCCO1)C(=O)CCl. The Balaban J connectivity index is 1.88. The minimum absolute atomic E-state index is 0.0509. The lowest BCUT2D eigenvalue weighted by molar-refractivity contribution is -0.141. The summed E-state index contributed by atoms with van der Waals surface area (Å²) in [5.41, 5.74) is 0.190. The summed E-state index contributed by atoms with van der Waals surface area (Å²) in [6, 6.07) is 5.13. The van der Waals surface area contributed by atoms with Gasteiger partial charge in [-0.2, -0.15) is 0 Å². The van der Waals surface area contributed by atoms with Crippen molar-refractivity contribution >= 4 is 23.4 Å². The third-order valence-corrected chi connectivity index (χ3v) is 6.05. The number of hydrogen-bond donors (Lipinski definition) is 1. The minimum Gasteiger partial charge on any atom is -0.376 e. The fourth-order valence-corrected chi connectivity index (χ4v) is 4.44.